The van der Waals surface area contributed by atoms with Crippen LogP contribution in [0.25, 0.3) is 0 Å². The highest BCUT2D eigenvalue weighted by Crippen LogP contribution is 2.32. The standard InChI is InChI=1S/C12H22N2O2/c15-11(9-5-6-9)7-14-12(16)8-13-10-3-1-2-4-10/h9-11,13,15H,1-8H2,(H,14,16). The highest BCUT2D eigenvalue weighted by atomic mass is 16.3. The molecule has 0 aliphatic heterocycles. The van der Waals surface area contributed by atoms with Crippen molar-refractivity contribution in [3.63, 3.8) is 0 Å². The van der Waals surface area contributed by atoms with Gasteiger partial charge in [0.2, 0.25) is 5.91 Å². The molecule has 0 aromatic rings. The lowest BCUT2D eigenvalue weighted by molar-refractivity contribution is -0.120. The van der Waals surface area contributed by atoms with Crippen molar-refractivity contribution < 1.29 is 9.90 Å². The molecule has 16 heavy (non-hydrogen) atoms. The van der Waals surface area contributed by atoms with E-state index < -0.39 is 0 Å². The Labute approximate surface area is 96.8 Å². The number of carbonyl (C=O) groups excluding carboxylic acids is 1. The summed E-state index contributed by atoms with van der Waals surface area (Å²) in [6.07, 6.45) is 6.82. The third-order valence-electron chi connectivity index (χ3n) is 3.58. The third kappa shape index (κ3) is 3.76. The molecule has 3 N–H and O–H groups in total. The van der Waals surface area contributed by atoms with Crippen LogP contribution in [0.5, 0.6) is 0 Å². The molecular formula is C12H22N2O2. The summed E-state index contributed by atoms with van der Waals surface area (Å²) in [4.78, 5) is 11.5. The molecule has 0 spiro atoms. The molecule has 1 atom stereocenters. The topological polar surface area (TPSA) is 61.4 Å². The van der Waals surface area contributed by atoms with E-state index in [-0.39, 0.29) is 12.0 Å². The summed E-state index contributed by atoms with van der Waals surface area (Å²) >= 11 is 0. The highest BCUT2D eigenvalue weighted by Gasteiger charge is 2.29. The fraction of sp³-hybridized carbons (Fsp3) is 0.917. The molecule has 0 aromatic carbocycles. The maximum Gasteiger partial charge on any atom is 0.234 e. The minimum absolute atomic E-state index is 0.00611. The molecule has 2 aliphatic rings. The van der Waals surface area contributed by atoms with Gasteiger partial charge in [-0.25, -0.2) is 0 Å². The van der Waals surface area contributed by atoms with Gasteiger partial charge in [0.1, 0.15) is 0 Å². The molecule has 0 heterocycles. The van der Waals surface area contributed by atoms with Crippen molar-refractivity contribution in [2.75, 3.05) is 13.1 Å². The molecule has 4 nitrogen and oxygen atoms in total. The monoisotopic (exact) mass is 226 g/mol. The van der Waals surface area contributed by atoms with Gasteiger partial charge in [0.15, 0.2) is 0 Å². The van der Waals surface area contributed by atoms with Crippen molar-refractivity contribution in [3.05, 3.63) is 0 Å². The number of amides is 1. The van der Waals surface area contributed by atoms with Crippen molar-refractivity contribution in [2.45, 2.75) is 50.7 Å². The van der Waals surface area contributed by atoms with Crippen LogP contribution in [0.2, 0.25) is 0 Å². The Morgan fingerprint density at radius 3 is 2.56 bits per heavy atom. The number of carbonyl (C=O) groups is 1. The van der Waals surface area contributed by atoms with Gasteiger partial charge in [-0.3, -0.25) is 4.79 Å². The molecule has 2 aliphatic carbocycles. The van der Waals surface area contributed by atoms with Crippen LogP contribution in [-0.4, -0.2) is 36.2 Å². The number of hydrogen-bond acceptors (Lipinski definition) is 3. The summed E-state index contributed by atoms with van der Waals surface area (Å²) in [6, 6.07) is 0.527. The lowest BCUT2D eigenvalue weighted by Gasteiger charge is -2.13. The van der Waals surface area contributed by atoms with Crippen LogP contribution < -0.4 is 10.6 Å². The molecule has 2 saturated carbocycles. The van der Waals surface area contributed by atoms with E-state index in [9.17, 15) is 9.90 Å². The minimum atomic E-state index is -0.338. The molecule has 2 rings (SSSR count). The average molecular weight is 226 g/mol. The zero-order valence-corrected chi connectivity index (χ0v) is 9.74. The van der Waals surface area contributed by atoms with Crippen molar-refractivity contribution >= 4 is 5.91 Å². The lowest BCUT2D eigenvalue weighted by Crippen LogP contribution is -2.41. The van der Waals surface area contributed by atoms with Crippen molar-refractivity contribution in [2.24, 2.45) is 5.92 Å². The molecule has 0 aromatic heterocycles. The lowest BCUT2D eigenvalue weighted by atomic mass is 10.2. The normalized spacial score (nSPS) is 23.3. The van der Waals surface area contributed by atoms with Crippen LogP contribution in [0, 0.1) is 5.92 Å². The van der Waals surface area contributed by atoms with E-state index in [1.165, 1.54) is 25.7 Å². The van der Waals surface area contributed by atoms with Gasteiger partial charge in [0, 0.05) is 12.6 Å². The van der Waals surface area contributed by atoms with E-state index >= 15 is 0 Å². The zero-order chi connectivity index (χ0) is 11.4. The largest absolute Gasteiger partial charge is 0.391 e. The second-order valence-corrected chi connectivity index (χ2v) is 5.07. The Balaban J connectivity index is 1.53. The Morgan fingerprint density at radius 1 is 1.25 bits per heavy atom. The number of hydrogen-bond donors (Lipinski definition) is 3. The Bertz CT molecular complexity index is 227. The fourth-order valence-corrected chi connectivity index (χ4v) is 2.30. The van der Waals surface area contributed by atoms with Gasteiger partial charge in [-0.05, 0) is 31.6 Å². The first-order valence-electron chi connectivity index (χ1n) is 6.44. The van der Waals surface area contributed by atoms with E-state index in [2.05, 4.69) is 10.6 Å². The Hall–Kier alpha value is -0.610. The smallest absolute Gasteiger partial charge is 0.234 e. The van der Waals surface area contributed by atoms with Gasteiger partial charge < -0.3 is 15.7 Å². The van der Waals surface area contributed by atoms with Gasteiger partial charge in [-0.1, -0.05) is 12.8 Å². The molecule has 2 fully saturated rings. The van der Waals surface area contributed by atoms with Crippen LogP contribution >= 0.6 is 0 Å². The van der Waals surface area contributed by atoms with E-state index in [0.717, 1.165) is 12.8 Å². The summed E-state index contributed by atoms with van der Waals surface area (Å²) in [6.45, 7) is 0.803. The first-order chi connectivity index (χ1) is 7.75. The second-order valence-electron chi connectivity index (χ2n) is 5.07. The summed E-state index contributed by atoms with van der Waals surface area (Å²) < 4.78 is 0. The minimum Gasteiger partial charge on any atom is -0.391 e. The fourth-order valence-electron chi connectivity index (χ4n) is 2.30. The summed E-state index contributed by atoms with van der Waals surface area (Å²) in [7, 11) is 0. The summed E-state index contributed by atoms with van der Waals surface area (Å²) in [5.41, 5.74) is 0. The summed E-state index contributed by atoms with van der Waals surface area (Å²) in [5, 5.41) is 15.6. The first-order valence-corrected chi connectivity index (χ1v) is 6.44. The molecule has 4 heteroatoms. The number of rotatable bonds is 6. The average Bonchev–Trinajstić information content (AvgIpc) is 3.01. The SMILES string of the molecule is O=C(CNC1CCCC1)NCC(O)C1CC1. The quantitative estimate of drug-likeness (QED) is 0.614. The van der Waals surface area contributed by atoms with Gasteiger partial charge >= 0.3 is 0 Å². The predicted molar refractivity (Wildman–Crippen MR) is 62.0 cm³/mol. The first kappa shape index (κ1) is 11.9. The van der Waals surface area contributed by atoms with Crippen LogP contribution in [-0.2, 0) is 4.79 Å². The van der Waals surface area contributed by atoms with Crippen molar-refractivity contribution in [1.82, 2.24) is 10.6 Å². The molecule has 0 saturated heterocycles. The van der Waals surface area contributed by atoms with E-state index in [4.69, 9.17) is 0 Å². The highest BCUT2D eigenvalue weighted by molar-refractivity contribution is 5.78. The zero-order valence-electron chi connectivity index (χ0n) is 9.74. The predicted octanol–water partition coefficient (Wildman–Crippen LogP) is 0.406. The van der Waals surface area contributed by atoms with E-state index in [1.54, 1.807) is 0 Å². The van der Waals surface area contributed by atoms with Gasteiger partial charge in [-0.15, -0.1) is 0 Å². The van der Waals surface area contributed by atoms with Gasteiger partial charge in [0.25, 0.3) is 0 Å². The van der Waals surface area contributed by atoms with Crippen molar-refractivity contribution in [3.8, 4) is 0 Å². The van der Waals surface area contributed by atoms with Crippen LogP contribution in [0.1, 0.15) is 38.5 Å². The molecule has 1 unspecified atom stereocenters. The van der Waals surface area contributed by atoms with Gasteiger partial charge in [0.05, 0.1) is 12.6 Å². The number of aliphatic hydroxyl groups excluding tert-OH is 1. The number of nitrogens with one attached hydrogen (secondary N) is 2. The maximum absolute atomic E-state index is 11.5. The molecule has 92 valence electrons. The third-order valence-corrected chi connectivity index (χ3v) is 3.58. The molecular weight excluding hydrogens is 204 g/mol. The molecule has 0 radical (unpaired) electrons. The number of aliphatic hydroxyl groups is 1. The molecule has 1 amide bonds. The van der Waals surface area contributed by atoms with Crippen LogP contribution in [0.3, 0.4) is 0 Å². The van der Waals surface area contributed by atoms with Crippen LogP contribution in [0.4, 0.5) is 0 Å². The Morgan fingerprint density at radius 2 is 1.94 bits per heavy atom. The van der Waals surface area contributed by atoms with E-state index in [0.29, 0.717) is 25.0 Å². The summed E-state index contributed by atoms with van der Waals surface area (Å²) in [5.74, 6) is 0.440. The van der Waals surface area contributed by atoms with Crippen molar-refractivity contribution in [1.29, 1.82) is 0 Å². The van der Waals surface area contributed by atoms with Crippen LogP contribution in [0.15, 0.2) is 0 Å². The maximum atomic E-state index is 11.5. The molecule has 0 bridgehead atoms. The van der Waals surface area contributed by atoms with E-state index in [1.807, 2.05) is 0 Å². The second kappa shape index (κ2) is 5.64. The Kier molecular flexibility index (Phi) is 4.18. The van der Waals surface area contributed by atoms with Gasteiger partial charge in [-0.2, -0.15) is 0 Å².